The summed E-state index contributed by atoms with van der Waals surface area (Å²) in [5, 5.41) is 13.3. The molecule has 1 unspecified atom stereocenters. The Morgan fingerprint density at radius 2 is 2.10 bits per heavy atom. The van der Waals surface area contributed by atoms with E-state index in [1.54, 1.807) is 14.0 Å². The third-order valence-electron chi connectivity index (χ3n) is 3.42. The van der Waals surface area contributed by atoms with Gasteiger partial charge in [-0.15, -0.1) is 0 Å². The van der Waals surface area contributed by atoms with Crippen LogP contribution in [0.5, 0.6) is 5.88 Å². The van der Waals surface area contributed by atoms with Gasteiger partial charge in [0.15, 0.2) is 5.78 Å². The number of nitrogens with zero attached hydrogens (tertiary/aromatic N) is 3. The molecule has 5 heteroatoms. The van der Waals surface area contributed by atoms with E-state index in [1.165, 1.54) is 11.8 Å². The molecule has 0 radical (unpaired) electrons. The minimum atomic E-state index is -0.506. The summed E-state index contributed by atoms with van der Waals surface area (Å²) in [6, 6.07) is 11.4. The molecule has 2 rings (SSSR count). The molecule has 1 heterocycles. The average molecular weight is 283 g/mol. The summed E-state index contributed by atoms with van der Waals surface area (Å²) in [5.74, 6) is -0.213. The molecule has 0 saturated carbocycles. The standard InChI is InChI=1S/C16H17N3O2/c1-11-14(16(21-3)19(2)18-11)15(20)13(9-10-17)12-7-5-4-6-8-12/h4-8,13H,9H2,1-3H3. The number of hydrogen-bond acceptors (Lipinski definition) is 4. The molecule has 0 aliphatic rings. The van der Waals surface area contributed by atoms with E-state index in [2.05, 4.69) is 11.2 Å². The summed E-state index contributed by atoms with van der Waals surface area (Å²) in [5.41, 5.74) is 1.89. The summed E-state index contributed by atoms with van der Waals surface area (Å²) in [4.78, 5) is 12.9. The third-order valence-corrected chi connectivity index (χ3v) is 3.42. The van der Waals surface area contributed by atoms with E-state index < -0.39 is 5.92 Å². The fourth-order valence-electron chi connectivity index (χ4n) is 2.47. The molecule has 0 bridgehead atoms. The van der Waals surface area contributed by atoms with Crippen LogP contribution in [0, 0.1) is 18.3 Å². The molecule has 0 spiro atoms. The molecule has 2 aromatic rings. The van der Waals surface area contributed by atoms with Crippen molar-refractivity contribution in [1.29, 1.82) is 5.26 Å². The molecule has 0 fully saturated rings. The Morgan fingerprint density at radius 3 is 2.67 bits per heavy atom. The first-order valence-electron chi connectivity index (χ1n) is 6.63. The zero-order chi connectivity index (χ0) is 15.4. The molecule has 21 heavy (non-hydrogen) atoms. The van der Waals surface area contributed by atoms with Crippen LogP contribution in [0.25, 0.3) is 0 Å². The highest BCUT2D eigenvalue weighted by Gasteiger charge is 2.29. The van der Waals surface area contributed by atoms with Crippen molar-refractivity contribution >= 4 is 5.78 Å². The van der Waals surface area contributed by atoms with E-state index in [9.17, 15) is 4.79 Å². The number of ketones is 1. The van der Waals surface area contributed by atoms with Crippen molar-refractivity contribution in [1.82, 2.24) is 9.78 Å². The lowest BCUT2D eigenvalue weighted by Crippen LogP contribution is -2.14. The number of hydrogen-bond donors (Lipinski definition) is 0. The lowest BCUT2D eigenvalue weighted by molar-refractivity contribution is 0.0956. The monoisotopic (exact) mass is 283 g/mol. The van der Waals surface area contributed by atoms with Gasteiger partial charge >= 0.3 is 0 Å². The van der Waals surface area contributed by atoms with Gasteiger partial charge in [0.25, 0.3) is 0 Å². The number of Topliss-reactive ketones (excluding diaryl/α,β-unsaturated/α-hetero) is 1. The van der Waals surface area contributed by atoms with Crippen molar-refractivity contribution in [3.63, 3.8) is 0 Å². The van der Waals surface area contributed by atoms with Crippen LogP contribution in [0.1, 0.15) is 34.0 Å². The van der Waals surface area contributed by atoms with Crippen molar-refractivity contribution in [2.75, 3.05) is 7.11 Å². The van der Waals surface area contributed by atoms with Gasteiger partial charge in [0.05, 0.1) is 24.8 Å². The Balaban J connectivity index is 2.48. The molecule has 0 N–H and O–H groups in total. The normalized spacial score (nSPS) is 11.7. The molecule has 0 aliphatic heterocycles. The minimum Gasteiger partial charge on any atom is -0.481 e. The van der Waals surface area contributed by atoms with Crippen LogP contribution in [0.3, 0.4) is 0 Å². The molecule has 1 atom stereocenters. The molecule has 108 valence electrons. The van der Waals surface area contributed by atoms with E-state index >= 15 is 0 Å². The van der Waals surface area contributed by atoms with Gasteiger partial charge in [-0.2, -0.15) is 10.4 Å². The van der Waals surface area contributed by atoms with Crippen LogP contribution < -0.4 is 4.74 Å². The summed E-state index contributed by atoms with van der Waals surface area (Å²) in [6.45, 7) is 1.77. The maximum atomic E-state index is 12.9. The number of aromatic nitrogens is 2. The number of ether oxygens (including phenoxy) is 1. The van der Waals surface area contributed by atoms with Crippen LogP contribution in [0.4, 0.5) is 0 Å². The maximum Gasteiger partial charge on any atom is 0.222 e. The van der Waals surface area contributed by atoms with E-state index in [-0.39, 0.29) is 12.2 Å². The number of benzene rings is 1. The Morgan fingerprint density at radius 1 is 1.43 bits per heavy atom. The molecule has 0 aliphatic carbocycles. The van der Waals surface area contributed by atoms with Gasteiger partial charge in [0, 0.05) is 13.5 Å². The summed E-state index contributed by atoms with van der Waals surface area (Å²) in [6.07, 6.45) is 0.125. The maximum absolute atomic E-state index is 12.9. The van der Waals surface area contributed by atoms with Crippen LogP contribution >= 0.6 is 0 Å². The van der Waals surface area contributed by atoms with Gasteiger partial charge in [0.2, 0.25) is 5.88 Å². The SMILES string of the molecule is COc1c(C(=O)C(CC#N)c2ccccc2)c(C)nn1C. The fourth-order valence-corrected chi connectivity index (χ4v) is 2.47. The van der Waals surface area contributed by atoms with E-state index in [1.807, 2.05) is 30.3 Å². The van der Waals surface area contributed by atoms with Gasteiger partial charge in [0.1, 0.15) is 5.56 Å². The van der Waals surface area contributed by atoms with Gasteiger partial charge in [-0.1, -0.05) is 30.3 Å². The topological polar surface area (TPSA) is 67.9 Å². The summed E-state index contributed by atoms with van der Waals surface area (Å²) >= 11 is 0. The molecule has 1 aromatic carbocycles. The van der Waals surface area contributed by atoms with Crippen molar-refractivity contribution < 1.29 is 9.53 Å². The second kappa shape index (κ2) is 6.23. The van der Waals surface area contributed by atoms with E-state index in [4.69, 9.17) is 10.00 Å². The second-order valence-electron chi connectivity index (χ2n) is 4.78. The Labute approximate surface area is 123 Å². The minimum absolute atomic E-state index is 0.125. The van der Waals surface area contributed by atoms with Gasteiger partial charge in [-0.25, -0.2) is 4.68 Å². The van der Waals surface area contributed by atoms with E-state index in [0.717, 1.165) is 5.56 Å². The highest BCUT2D eigenvalue weighted by Crippen LogP contribution is 2.30. The van der Waals surface area contributed by atoms with Crippen molar-refractivity contribution in [3.05, 3.63) is 47.2 Å². The Bertz CT molecular complexity index is 684. The highest BCUT2D eigenvalue weighted by molar-refractivity contribution is 6.03. The molecule has 0 saturated heterocycles. The first kappa shape index (κ1) is 14.8. The third kappa shape index (κ3) is 2.79. The fraction of sp³-hybridized carbons (Fsp3) is 0.312. The summed E-state index contributed by atoms with van der Waals surface area (Å²) < 4.78 is 6.82. The van der Waals surface area contributed by atoms with Crippen molar-refractivity contribution in [3.8, 4) is 11.9 Å². The predicted molar refractivity (Wildman–Crippen MR) is 78.2 cm³/mol. The van der Waals surface area contributed by atoms with Gasteiger partial charge in [-0.3, -0.25) is 4.79 Å². The lowest BCUT2D eigenvalue weighted by atomic mass is 9.88. The number of rotatable bonds is 5. The first-order chi connectivity index (χ1) is 10.1. The molecule has 0 amide bonds. The van der Waals surface area contributed by atoms with Crippen LogP contribution in [0.15, 0.2) is 30.3 Å². The molecule has 1 aromatic heterocycles. The number of aryl methyl sites for hydroxylation is 2. The first-order valence-corrected chi connectivity index (χ1v) is 6.63. The Hall–Kier alpha value is -2.61. The zero-order valence-corrected chi connectivity index (χ0v) is 12.3. The smallest absolute Gasteiger partial charge is 0.222 e. The highest BCUT2D eigenvalue weighted by atomic mass is 16.5. The predicted octanol–water partition coefficient (Wildman–Crippen LogP) is 2.62. The van der Waals surface area contributed by atoms with Crippen LogP contribution in [0.2, 0.25) is 0 Å². The quantitative estimate of drug-likeness (QED) is 0.791. The largest absolute Gasteiger partial charge is 0.481 e. The van der Waals surface area contributed by atoms with Crippen LogP contribution in [-0.4, -0.2) is 22.7 Å². The van der Waals surface area contributed by atoms with Gasteiger partial charge in [-0.05, 0) is 12.5 Å². The second-order valence-corrected chi connectivity index (χ2v) is 4.78. The van der Waals surface area contributed by atoms with Crippen molar-refractivity contribution in [2.24, 2.45) is 7.05 Å². The molecular formula is C16H17N3O2. The number of carbonyl (C=O) groups is 1. The summed E-state index contributed by atoms with van der Waals surface area (Å²) in [7, 11) is 3.24. The average Bonchev–Trinajstić information content (AvgIpc) is 2.78. The lowest BCUT2D eigenvalue weighted by Gasteiger charge is -2.13. The van der Waals surface area contributed by atoms with Crippen LogP contribution in [-0.2, 0) is 7.05 Å². The number of methoxy groups -OCH3 is 1. The molecule has 5 nitrogen and oxygen atoms in total. The molecular weight excluding hydrogens is 266 g/mol. The number of nitriles is 1. The van der Waals surface area contributed by atoms with Crippen molar-refractivity contribution in [2.45, 2.75) is 19.3 Å². The van der Waals surface area contributed by atoms with Gasteiger partial charge < -0.3 is 4.74 Å². The Kier molecular flexibility index (Phi) is 4.39. The zero-order valence-electron chi connectivity index (χ0n) is 12.3. The van der Waals surface area contributed by atoms with E-state index in [0.29, 0.717) is 17.1 Å². The number of carbonyl (C=O) groups excluding carboxylic acids is 1.